The molecule has 1 aliphatic carbocycles. The monoisotopic (exact) mass is 568 g/mol. The largest absolute Gasteiger partial charge is 0.406 e. The first-order chi connectivity index (χ1) is 19.4. The number of nitrogens with one attached hydrogen (secondary N) is 2. The molecule has 0 bridgehead atoms. The van der Waals surface area contributed by atoms with Crippen LogP contribution in [0.2, 0.25) is 0 Å². The van der Waals surface area contributed by atoms with Gasteiger partial charge in [0.25, 0.3) is 11.5 Å². The maximum absolute atomic E-state index is 14.2. The number of anilines is 1. The van der Waals surface area contributed by atoms with Crippen LogP contribution in [0.25, 0.3) is 22.5 Å². The molecule has 0 unspecified atom stereocenters. The van der Waals surface area contributed by atoms with Gasteiger partial charge in [-0.15, -0.1) is 10.2 Å². The van der Waals surface area contributed by atoms with Crippen molar-refractivity contribution in [2.45, 2.75) is 51.0 Å². The number of halogens is 4. The van der Waals surface area contributed by atoms with E-state index in [4.69, 9.17) is 0 Å². The molecular formula is C29H28F4N6O2. The zero-order valence-corrected chi connectivity index (χ0v) is 22.4. The second kappa shape index (κ2) is 10.9. The summed E-state index contributed by atoms with van der Waals surface area (Å²) in [6.07, 6.45) is 0.916. The predicted octanol–water partition coefficient (Wildman–Crippen LogP) is 5.30. The van der Waals surface area contributed by atoms with Gasteiger partial charge in [-0.3, -0.25) is 9.59 Å². The minimum atomic E-state index is -4.65. The van der Waals surface area contributed by atoms with E-state index in [2.05, 4.69) is 20.8 Å². The van der Waals surface area contributed by atoms with Crippen molar-refractivity contribution in [1.29, 1.82) is 0 Å². The molecule has 8 nitrogen and oxygen atoms in total. The number of aromatic nitrogens is 4. The quantitative estimate of drug-likeness (QED) is 0.282. The van der Waals surface area contributed by atoms with Crippen molar-refractivity contribution in [1.82, 2.24) is 24.6 Å². The van der Waals surface area contributed by atoms with Crippen molar-refractivity contribution in [2.24, 2.45) is 7.05 Å². The molecule has 1 saturated carbocycles. The van der Waals surface area contributed by atoms with Crippen molar-refractivity contribution in [3.8, 4) is 22.5 Å². The molecule has 0 aliphatic heterocycles. The fourth-order valence-corrected chi connectivity index (χ4v) is 4.91. The number of amides is 1. The summed E-state index contributed by atoms with van der Waals surface area (Å²) in [5.74, 6) is -0.875. The number of aryl methyl sites for hydroxylation is 1. The Bertz CT molecular complexity index is 1660. The number of pyridine rings is 1. The number of carbonyl (C=O) groups excluding carboxylic acids is 1. The number of carbonyl (C=O) groups is 1. The van der Waals surface area contributed by atoms with Gasteiger partial charge in [-0.05, 0) is 73.2 Å². The molecule has 1 fully saturated rings. The van der Waals surface area contributed by atoms with E-state index in [-0.39, 0.29) is 12.1 Å². The average molecular weight is 569 g/mol. The first kappa shape index (κ1) is 28.2. The molecule has 2 aromatic carbocycles. The van der Waals surface area contributed by atoms with Gasteiger partial charge < -0.3 is 19.8 Å². The number of benzene rings is 2. The molecule has 5 rings (SSSR count). The second-order valence-corrected chi connectivity index (χ2v) is 10.6. The lowest BCUT2D eigenvalue weighted by atomic mass is 9.78. The maximum atomic E-state index is 14.2. The van der Waals surface area contributed by atoms with E-state index < -0.39 is 35.6 Å². The molecule has 2 aromatic heterocycles. The highest BCUT2D eigenvalue weighted by Crippen LogP contribution is 2.33. The molecule has 0 spiro atoms. The van der Waals surface area contributed by atoms with Crippen LogP contribution in [0, 0.1) is 5.82 Å². The Kier molecular flexibility index (Phi) is 7.52. The first-order valence-corrected chi connectivity index (χ1v) is 13.0. The summed E-state index contributed by atoms with van der Waals surface area (Å²) in [4.78, 5) is 26.2. The van der Waals surface area contributed by atoms with Crippen molar-refractivity contribution in [3.63, 3.8) is 0 Å². The molecule has 1 amide bonds. The van der Waals surface area contributed by atoms with Crippen molar-refractivity contribution in [3.05, 3.63) is 88.4 Å². The van der Waals surface area contributed by atoms with Crippen molar-refractivity contribution >= 4 is 11.6 Å². The van der Waals surface area contributed by atoms with Gasteiger partial charge in [0.1, 0.15) is 24.3 Å². The third-order valence-electron chi connectivity index (χ3n) is 7.28. The van der Waals surface area contributed by atoms with Gasteiger partial charge in [0.05, 0.1) is 0 Å². The van der Waals surface area contributed by atoms with Gasteiger partial charge in [0, 0.05) is 36.6 Å². The van der Waals surface area contributed by atoms with Gasteiger partial charge in [0.15, 0.2) is 5.82 Å². The van der Waals surface area contributed by atoms with Crippen molar-refractivity contribution < 1.29 is 22.4 Å². The van der Waals surface area contributed by atoms with Crippen LogP contribution in [0.4, 0.5) is 23.2 Å². The molecule has 0 atom stereocenters. The highest BCUT2D eigenvalue weighted by Gasteiger charge is 2.32. The maximum Gasteiger partial charge on any atom is 0.406 e. The highest BCUT2D eigenvalue weighted by molar-refractivity contribution is 6.04. The minimum absolute atomic E-state index is 0.127. The third kappa shape index (κ3) is 6.37. The van der Waals surface area contributed by atoms with Gasteiger partial charge in [-0.25, -0.2) is 4.39 Å². The van der Waals surface area contributed by atoms with Crippen LogP contribution >= 0.6 is 0 Å². The molecule has 1 aliphatic rings. The lowest BCUT2D eigenvalue weighted by Crippen LogP contribution is -2.47. The molecule has 12 heteroatoms. The molecule has 0 radical (unpaired) electrons. The molecular weight excluding hydrogens is 540 g/mol. The van der Waals surface area contributed by atoms with Gasteiger partial charge in [-0.1, -0.05) is 18.2 Å². The summed E-state index contributed by atoms with van der Waals surface area (Å²) in [6, 6.07) is 12.2. The van der Waals surface area contributed by atoms with E-state index in [1.165, 1.54) is 24.5 Å². The molecule has 214 valence electrons. The highest BCUT2D eigenvalue weighted by atomic mass is 19.4. The van der Waals surface area contributed by atoms with Gasteiger partial charge in [0.2, 0.25) is 0 Å². The minimum Gasteiger partial charge on any atom is -0.322 e. The van der Waals surface area contributed by atoms with E-state index in [0.717, 1.165) is 25.5 Å². The van der Waals surface area contributed by atoms with E-state index in [9.17, 15) is 27.2 Å². The summed E-state index contributed by atoms with van der Waals surface area (Å²) in [6.45, 7) is 0.724. The fraction of sp³-hybridized carbons (Fsp3) is 0.310. The summed E-state index contributed by atoms with van der Waals surface area (Å²) >= 11 is 0. The summed E-state index contributed by atoms with van der Waals surface area (Å²) in [7, 11) is 1.72. The van der Waals surface area contributed by atoms with E-state index in [0.29, 0.717) is 38.3 Å². The van der Waals surface area contributed by atoms with Crippen LogP contribution in [-0.4, -0.2) is 37.0 Å². The summed E-state index contributed by atoms with van der Waals surface area (Å²) in [5, 5.41) is 13.9. The van der Waals surface area contributed by atoms with Crippen LogP contribution in [0.3, 0.4) is 0 Å². The normalized spacial score (nSPS) is 14.5. The Hall–Kier alpha value is -4.32. The molecule has 2 N–H and O–H groups in total. The molecule has 0 saturated heterocycles. The molecule has 2 heterocycles. The van der Waals surface area contributed by atoms with Crippen LogP contribution in [0.1, 0.15) is 42.1 Å². The SMILES string of the molecule is Cn1cnnc1-c1cc(F)ccc1-c1cccc(NC(=O)c2cc(CNC3(C)CCC3)cn(CC(F)(F)F)c2=O)c1. The lowest BCUT2D eigenvalue weighted by Gasteiger charge is -2.39. The Labute approximate surface area is 233 Å². The number of hydrogen-bond acceptors (Lipinski definition) is 5. The average Bonchev–Trinajstić information content (AvgIpc) is 3.32. The predicted molar refractivity (Wildman–Crippen MR) is 146 cm³/mol. The van der Waals surface area contributed by atoms with E-state index >= 15 is 0 Å². The lowest BCUT2D eigenvalue weighted by molar-refractivity contribution is -0.141. The Morgan fingerprint density at radius 2 is 1.88 bits per heavy atom. The summed E-state index contributed by atoms with van der Waals surface area (Å²) < 4.78 is 56.1. The number of nitrogens with zero attached hydrogens (tertiary/aromatic N) is 4. The van der Waals surface area contributed by atoms with Crippen LogP contribution < -0.4 is 16.2 Å². The summed E-state index contributed by atoms with van der Waals surface area (Å²) in [5.41, 5.74) is 0.818. The van der Waals surface area contributed by atoms with Crippen LogP contribution in [-0.2, 0) is 20.1 Å². The topological polar surface area (TPSA) is 93.8 Å². The van der Waals surface area contributed by atoms with Crippen LogP contribution in [0.15, 0.2) is 65.8 Å². The van der Waals surface area contributed by atoms with Crippen molar-refractivity contribution in [2.75, 3.05) is 5.32 Å². The number of alkyl halides is 3. The van der Waals surface area contributed by atoms with Gasteiger partial charge >= 0.3 is 6.18 Å². The third-order valence-corrected chi connectivity index (χ3v) is 7.28. The first-order valence-electron chi connectivity index (χ1n) is 13.0. The van der Waals surface area contributed by atoms with Gasteiger partial charge in [-0.2, -0.15) is 13.2 Å². The van der Waals surface area contributed by atoms with E-state index in [1.54, 1.807) is 41.9 Å². The van der Waals surface area contributed by atoms with E-state index in [1.807, 2.05) is 6.92 Å². The zero-order valence-electron chi connectivity index (χ0n) is 22.4. The Morgan fingerprint density at radius 3 is 2.54 bits per heavy atom. The number of rotatable bonds is 8. The Morgan fingerprint density at radius 1 is 1.10 bits per heavy atom. The molecule has 41 heavy (non-hydrogen) atoms. The number of hydrogen-bond donors (Lipinski definition) is 2. The second-order valence-electron chi connectivity index (χ2n) is 10.6. The molecule has 4 aromatic rings. The van der Waals surface area contributed by atoms with Crippen LogP contribution in [0.5, 0.6) is 0 Å². The smallest absolute Gasteiger partial charge is 0.322 e. The Balaban J connectivity index is 1.45. The standard InChI is InChI=1S/C29H28F4N6O2/c1-28(9-4-10-28)34-14-18-11-24(27(41)39(15-18)16-29(31,32)33)26(40)36-21-6-3-5-19(12-21)22-8-7-20(30)13-23(22)25-37-35-17-38(25)2/h3,5-8,11-13,15,17,34H,4,9-10,14,16H2,1-2H3,(H,36,40). The fourth-order valence-electron chi connectivity index (χ4n) is 4.91. The zero-order chi connectivity index (χ0) is 29.4.